The van der Waals surface area contributed by atoms with E-state index in [1.807, 2.05) is 0 Å². The normalized spacial score (nSPS) is 18.5. The van der Waals surface area contributed by atoms with Crippen LogP contribution in [0.1, 0.15) is 30.9 Å². The number of nitrogens with two attached hydrogens (primary N) is 1. The zero-order valence-electron chi connectivity index (χ0n) is 10.9. The molecule has 0 spiro atoms. The van der Waals surface area contributed by atoms with Crippen molar-refractivity contribution >= 4 is 0 Å². The van der Waals surface area contributed by atoms with Gasteiger partial charge in [0.05, 0.1) is 0 Å². The van der Waals surface area contributed by atoms with Crippen molar-refractivity contribution in [3.05, 3.63) is 35.4 Å². The van der Waals surface area contributed by atoms with Crippen molar-refractivity contribution in [3.8, 4) is 0 Å². The number of hydrogen-bond acceptors (Lipinski definition) is 2. The Balaban J connectivity index is 1.94. The second-order valence-electron chi connectivity index (χ2n) is 5.08. The maximum Gasteiger partial charge on any atom is 0.00676 e. The molecule has 2 heteroatoms. The van der Waals surface area contributed by atoms with Crippen molar-refractivity contribution in [3.63, 3.8) is 0 Å². The van der Waals surface area contributed by atoms with E-state index in [0.717, 1.165) is 13.0 Å². The molecular formula is C15H24N2. The molecule has 17 heavy (non-hydrogen) atoms. The van der Waals surface area contributed by atoms with Gasteiger partial charge < -0.3 is 10.6 Å². The number of rotatable bonds is 4. The van der Waals surface area contributed by atoms with Crippen molar-refractivity contribution in [1.29, 1.82) is 0 Å². The maximum atomic E-state index is 5.59. The van der Waals surface area contributed by atoms with Crippen LogP contribution >= 0.6 is 0 Å². The summed E-state index contributed by atoms with van der Waals surface area (Å²) < 4.78 is 0. The summed E-state index contributed by atoms with van der Waals surface area (Å²) in [6.45, 7) is 5.55. The number of nitrogens with zero attached hydrogens (tertiary/aromatic N) is 1. The van der Waals surface area contributed by atoms with Crippen molar-refractivity contribution in [1.82, 2.24) is 4.90 Å². The molecular weight excluding hydrogens is 208 g/mol. The van der Waals surface area contributed by atoms with Crippen LogP contribution in [-0.4, -0.2) is 30.6 Å². The number of benzene rings is 1. The lowest BCUT2D eigenvalue weighted by molar-refractivity contribution is 0.207. The van der Waals surface area contributed by atoms with Crippen LogP contribution in [-0.2, 0) is 12.8 Å². The third kappa shape index (κ3) is 3.30. The molecule has 0 saturated heterocycles. The lowest BCUT2D eigenvalue weighted by Gasteiger charge is -2.27. The fourth-order valence-corrected chi connectivity index (χ4v) is 2.72. The predicted octanol–water partition coefficient (Wildman–Crippen LogP) is 2.21. The first-order valence-electron chi connectivity index (χ1n) is 6.82. The molecule has 1 aromatic rings. The fourth-order valence-electron chi connectivity index (χ4n) is 2.72. The zero-order chi connectivity index (χ0) is 12.1. The monoisotopic (exact) mass is 232 g/mol. The maximum absolute atomic E-state index is 5.59. The summed E-state index contributed by atoms with van der Waals surface area (Å²) in [4.78, 5) is 2.62. The Labute approximate surface area is 105 Å². The van der Waals surface area contributed by atoms with Crippen LogP contribution in [0.15, 0.2) is 24.3 Å². The highest BCUT2D eigenvalue weighted by Gasteiger charge is 2.17. The van der Waals surface area contributed by atoms with Gasteiger partial charge >= 0.3 is 0 Å². The van der Waals surface area contributed by atoms with Gasteiger partial charge in [-0.05, 0) is 50.3 Å². The molecule has 1 atom stereocenters. The molecule has 1 unspecified atom stereocenters. The van der Waals surface area contributed by atoms with E-state index in [1.165, 1.54) is 32.4 Å². The quantitative estimate of drug-likeness (QED) is 0.862. The smallest absolute Gasteiger partial charge is 0.00676 e. The average molecular weight is 232 g/mol. The largest absolute Gasteiger partial charge is 0.330 e. The number of fused-ring (bicyclic) bond motifs is 1. The minimum atomic E-state index is 0.674. The molecule has 0 amide bonds. The molecule has 1 heterocycles. The Kier molecular flexibility index (Phi) is 4.57. The van der Waals surface area contributed by atoms with Crippen LogP contribution in [0.4, 0.5) is 0 Å². The summed E-state index contributed by atoms with van der Waals surface area (Å²) >= 11 is 0. The lowest BCUT2D eigenvalue weighted by Crippen LogP contribution is -2.35. The molecule has 1 aliphatic heterocycles. The Morgan fingerprint density at radius 3 is 2.29 bits per heavy atom. The van der Waals surface area contributed by atoms with Crippen molar-refractivity contribution in [2.24, 2.45) is 5.73 Å². The lowest BCUT2D eigenvalue weighted by atomic mass is 10.0. The van der Waals surface area contributed by atoms with Crippen molar-refractivity contribution in [2.45, 2.75) is 38.6 Å². The van der Waals surface area contributed by atoms with Crippen molar-refractivity contribution < 1.29 is 0 Å². The van der Waals surface area contributed by atoms with Gasteiger partial charge in [-0.1, -0.05) is 24.3 Å². The summed E-state index contributed by atoms with van der Waals surface area (Å²) in [6.07, 6.45) is 4.77. The highest BCUT2D eigenvalue weighted by atomic mass is 15.1. The molecule has 94 valence electrons. The Bertz CT molecular complexity index is 322. The van der Waals surface area contributed by atoms with Gasteiger partial charge in [-0.15, -0.1) is 0 Å². The molecule has 0 aromatic heterocycles. The van der Waals surface area contributed by atoms with E-state index in [1.54, 1.807) is 11.1 Å². The molecule has 2 rings (SSSR count). The summed E-state index contributed by atoms with van der Waals surface area (Å²) in [6, 6.07) is 9.55. The minimum absolute atomic E-state index is 0.674. The Hall–Kier alpha value is -0.860. The predicted molar refractivity (Wildman–Crippen MR) is 73.2 cm³/mol. The average Bonchev–Trinajstić information content (AvgIpc) is 2.58. The fraction of sp³-hybridized carbons (Fsp3) is 0.600. The molecule has 2 nitrogen and oxygen atoms in total. The summed E-state index contributed by atoms with van der Waals surface area (Å²) in [5.41, 5.74) is 8.67. The first kappa shape index (κ1) is 12.6. The standard InChI is InChI=1S/C15H24N2/c1-13(5-4-10-16)17-11-8-14-6-2-3-7-15(14)9-12-17/h2-3,6-7,13H,4-5,8-12,16H2,1H3. The molecule has 0 radical (unpaired) electrons. The topological polar surface area (TPSA) is 29.3 Å². The van der Waals surface area contributed by atoms with Crippen LogP contribution in [0.5, 0.6) is 0 Å². The van der Waals surface area contributed by atoms with Crippen molar-refractivity contribution in [2.75, 3.05) is 19.6 Å². The van der Waals surface area contributed by atoms with E-state index in [4.69, 9.17) is 5.73 Å². The molecule has 0 saturated carbocycles. The minimum Gasteiger partial charge on any atom is -0.330 e. The highest BCUT2D eigenvalue weighted by Crippen LogP contribution is 2.18. The molecule has 0 aliphatic carbocycles. The molecule has 0 fully saturated rings. The first-order valence-corrected chi connectivity index (χ1v) is 6.82. The first-order chi connectivity index (χ1) is 8.31. The molecule has 0 bridgehead atoms. The van der Waals surface area contributed by atoms with E-state index in [2.05, 4.69) is 36.1 Å². The Morgan fingerprint density at radius 2 is 1.76 bits per heavy atom. The SMILES string of the molecule is CC(CCCN)N1CCc2ccccc2CC1. The second-order valence-corrected chi connectivity index (χ2v) is 5.08. The molecule has 1 aromatic carbocycles. The summed E-state index contributed by atoms with van der Waals surface area (Å²) in [5, 5.41) is 0. The summed E-state index contributed by atoms with van der Waals surface area (Å²) in [7, 11) is 0. The number of hydrogen-bond donors (Lipinski definition) is 1. The molecule has 2 N–H and O–H groups in total. The molecule has 1 aliphatic rings. The van der Waals surface area contributed by atoms with Gasteiger partial charge in [0.2, 0.25) is 0 Å². The van der Waals surface area contributed by atoms with E-state index in [-0.39, 0.29) is 0 Å². The summed E-state index contributed by atoms with van der Waals surface area (Å²) in [5.74, 6) is 0. The van der Waals surface area contributed by atoms with E-state index >= 15 is 0 Å². The van der Waals surface area contributed by atoms with E-state index in [0.29, 0.717) is 6.04 Å². The van der Waals surface area contributed by atoms with Gasteiger partial charge in [0.15, 0.2) is 0 Å². The van der Waals surface area contributed by atoms with Gasteiger partial charge in [-0.3, -0.25) is 0 Å². The van der Waals surface area contributed by atoms with Gasteiger partial charge in [0.1, 0.15) is 0 Å². The van der Waals surface area contributed by atoms with Crippen LogP contribution < -0.4 is 5.73 Å². The van der Waals surface area contributed by atoms with Gasteiger partial charge in [-0.25, -0.2) is 0 Å². The van der Waals surface area contributed by atoms with Gasteiger partial charge in [-0.2, -0.15) is 0 Å². The highest BCUT2D eigenvalue weighted by molar-refractivity contribution is 5.28. The van der Waals surface area contributed by atoms with Crippen LogP contribution in [0.3, 0.4) is 0 Å². The van der Waals surface area contributed by atoms with Crippen LogP contribution in [0.2, 0.25) is 0 Å². The van der Waals surface area contributed by atoms with E-state index in [9.17, 15) is 0 Å². The van der Waals surface area contributed by atoms with Crippen LogP contribution in [0.25, 0.3) is 0 Å². The van der Waals surface area contributed by atoms with Gasteiger partial charge in [0, 0.05) is 19.1 Å². The van der Waals surface area contributed by atoms with E-state index < -0.39 is 0 Å². The Morgan fingerprint density at radius 1 is 1.18 bits per heavy atom. The third-order valence-electron chi connectivity index (χ3n) is 3.90. The second kappa shape index (κ2) is 6.18. The van der Waals surface area contributed by atoms with Crippen LogP contribution in [0, 0.1) is 0 Å². The zero-order valence-corrected chi connectivity index (χ0v) is 10.9. The van der Waals surface area contributed by atoms with Gasteiger partial charge in [0.25, 0.3) is 0 Å². The third-order valence-corrected chi connectivity index (χ3v) is 3.90.